The number of benzene rings is 2. The lowest BCUT2D eigenvalue weighted by molar-refractivity contribution is 0.272. The summed E-state index contributed by atoms with van der Waals surface area (Å²) >= 11 is 0. The lowest BCUT2D eigenvalue weighted by Gasteiger charge is -2.20. The molecule has 0 spiro atoms. The smallest absolute Gasteiger partial charge is 0.399 e. The Hall–Kier alpha value is -2.59. The van der Waals surface area contributed by atoms with E-state index in [1.54, 1.807) is 0 Å². The summed E-state index contributed by atoms with van der Waals surface area (Å²) in [7, 11) is 0. The fourth-order valence-electron chi connectivity index (χ4n) is 3.65. The summed E-state index contributed by atoms with van der Waals surface area (Å²) in [5, 5.41) is 0. The monoisotopic (exact) mass is 349 g/mol. The molecule has 3 aromatic rings. The van der Waals surface area contributed by atoms with E-state index in [1.165, 1.54) is 36.8 Å². The van der Waals surface area contributed by atoms with Gasteiger partial charge in [-0.1, -0.05) is 48.5 Å². The Bertz CT molecular complexity index is 906. The number of hydrogen-bond acceptors (Lipinski definition) is 4. The molecule has 0 saturated carbocycles. The molecule has 2 heterocycles. The minimum Gasteiger partial charge on any atom is -0.399 e. The van der Waals surface area contributed by atoms with Crippen LogP contribution >= 0.6 is 0 Å². The maximum absolute atomic E-state index is 11.0. The van der Waals surface area contributed by atoms with Crippen LogP contribution in [0.2, 0.25) is 0 Å². The van der Waals surface area contributed by atoms with Gasteiger partial charge in [0.15, 0.2) is 5.76 Å². The van der Waals surface area contributed by atoms with Crippen molar-refractivity contribution in [1.29, 1.82) is 0 Å². The average molecular weight is 349 g/mol. The standard InChI is InChI=1S/C22H23NO3/c1-16-3-2-13-23(16)14-12-17-4-6-18(7-5-17)19-8-10-20(11-9-19)21-15-25-22(24)26-21/h4-11,15-16H,2-3,12-14H2,1H3/t16-/m1/s1. The van der Waals surface area contributed by atoms with Crippen LogP contribution in [0.4, 0.5) is 0 Å². The Kier molecular flexibility index (Phi) is 4.76. The highest BCUT2D eigenvalue weighted by Gasteiger charge is 2.19. The summed E-state index contributed by atoms with van der Waals surface area (Å²) in [4.78, 5) is 13.6. The van der Waals surface area contributed by atoms with Crippen LogP contribution in [0.5, 0.6) is 0 Å². The van der Waals surface area contributed by atoms with Crippen molar-refractivity contribution >= 4 is 0 Å². The van der Waals surface area contributed by atoms with Gasteiger partial charge in [-0.05, 0) is 49.4 Å². The Morgan fingerprint density at radius 2 is 1.65 bits per heavy atom. The van der Waals surface area contributed by atoms with E-state index in [0.717, 1.165) is 30.1 Å². The van der Waals surface area contributed by atoms with Gasteiger partial charge >= 0.3 is 5.82 Å². The third-order valence-electron chi connectivity index (χ3n) is 5.29. The summed E-state index contributed by atoms with van der Waals surface area (Å²) < 4.78 is 9.67. The Morgan fingerprint density at radius 1 is 1.00 bits per heavy atom. The van der Waals surface area contributed by atoms with Gasteiger partial charge in [-0.25, -0.2) is 4.79 Å². The molecule has 4 nitrogen and oxygen atoms in total. The molecule has 26 heavy (non-hydrogen) atoms. The largest absolute Gasteiger partial charge is 0.519 e. The second-order valence-electron chi connectivity index (χ2n) is 7.00. The van der Waals surface area contributed by atoms with Crippen molar-refractivity contribution in [3.63, 3.8) is 0 Å². The van der Waals surface area contributed by atoms with Crippen LogP contribution in [-0.2, 0) is 6.42 Å². The molecule has 0 aliphatic carbocycles. The molecule has 1 aliphatic rings. The summed E-state index contributed by atoms with van der Waals surface area (Å²) in [6, 6.07) is 17.5. The topological polar surface area (TPSA) is 46.6 Å². The number of rotatable bonds is 5. The highest BCUT2D eigenvalue weighted by atomic mass is 16.6. The van der Waals surface area contributed by atoms with Gasteiger partial charge in [0, 0.05) is 18.2 Å². The predicted molar refractivity (Wildman–Crippen MR) is 102 cm³/mol. The van der Waals surface area contributed by atoms with E-state index >= 15 is 0 Å². The normalized spacial score (nSPS) is 17.7. The molecule has 0 radical (unpaired) electrons. The van der Waals surface area contributed by atoms with Gasteiger partial charge < -0.3 is 13.7 Å². The molecule has 0 unspecified atom stereocenters. The molecule has 1 saturated heterocycles. The van der Waals surface area contributed by atoms with Crippen molar-refractivity contribution in [1.82, 2.24) is 4.90 Å². The zero-order valence-corrected chi connectivity index (χ0v) is 15.0. The first-order valence-electron chi connectivity index (χ1n) is 9.21. The maximum atomic E-state index is 11.0. The van der Waals surface area contributed by atoms with E-state index in [1.807, 2.05) is 24.3 Å². The summed E-state index contributed by atoms with van der Waals surface area (Å²) in [6.45, 7) is 4.71. The van der Waals surface area contributed by atoms with Gasteiger partial charge in [-0.3, -0.25) is 0 Å². The first kappa shape index (κ1) is 16.9. The lowest BCUT2D eigenvalue weighted by atomic mass is 10.0. The van der Waals surface area contributed by atoms with Gasteiger partial charge in [-0.2, -0.15) is 0 Å². The zero-order valence-electron chi connectivity index (χ0n) is 15.0. The van der Waals surface area contributed by atoms with Crippen LogP contribution in [-0.4, -0.2) is 24.0 Å². The molecule has 4 rings (SSSR count). The van der Waals surface area contributed by atoms with E-state index < -0.39 is 5.82 Å². The Morgan fingerprint density at radius 3 is 2.23 bits per heavy atom. The summed E-state index contributed by atoms with van der Waals surface area (Å²) in [6.07, 6.45) is 5.10. The molecule has 0 amide bonds. The third kappa shape index (κ3) is 3.65. The number of hydrogen-bond donors (Lipinski definition) is 0. The third-order valence-corrected chi connectivity index (χ3v) is 5.29. The molecule has 0 bridgehead atoms. The SMILES string of the molecule is C[C@@H]1CCCN1CCc1ccc(-c2ccc(-c3coc(=O)o3)cc2)cc1. The van der Waals surface area contributed by atoms with E-state index in [4.69, 9.17) is 4.42 Å². The van der Waals surface area contributed by atoms with Crippen LogP contribution in [0, 0.1) is 0 Å². The van der Waals surface area contributed by atoms with E-state index in [2.05, 4.69) is 40.5 Å². The van der Waals surface area contributed by atoms with Crippen LogP contribution in [0.25, 0.3) is 22.5 Å². The van der Waals surface area contributed by atoms with Crippen LogP contribution in [0.3, 0.4) is 0 Å². The van der Waals surface area contributed by atoms with Crippen molar-refractivity contribution < 1.29 is 8.83 Å². The lowest BCUT2D eigenvalue weighted by Crippen LogP contribution is -2.28. The molecular formula is C22H23NO3. The van der Waals surface area contributed by atoms with E-state index in [0.29, 0.717) is 5.76 Å². The number of nitrogens with zero attached hydrogens (tertiary/aromatic N) is 1. The van der Waals surface area contributed by atoms with Gasteiger partial charge in [0.1, 0.15) is 6.26 Å². The van der Waals surface area contributed by atoms with Gasteiger partial charge in [-0.15, -0.1) is 0 Å². The fraction of sp³-hybridized carbons (Fsp3) is 0.318. The Labute approximate surface area is 153 Å². The molecule has 1 atom stereocenters. The molecule has 1 aliphatic heterocycles. The summed E-state index contributed by atoms with van der Waals surface area (Å²) in [5.41, 5.74) is 4.53. The molecule has 2 aromatic carbocycles. The second-order valence-corrected chi connectivity index (χ2v) is 7.00. The predicted octanol–water partition coefficient (Wildman–Crippen LogP) is 4.59. The molecule has 134 valence electrons. The van der Waals surface area contributed by atoms with Gasteiger partial charge in [0.2, 0.25) is 0 Å². The molecule has 4 heteroatoms. The van der Waals surface area contributed by atoms with Crippen LogP contribution < -0.4 is 5.82 Å². The minimum absolute atomic E-state index is 0.452. The fourth-order valence-corrected chi connectivity index (χ4v) is 3.65. The summed E-state index contributed by atoms with van der Waals surface area (Å²) in [5.74, 6) is -0.226. The first-order valence-corrected chi connectivity index (χ1v) is 9.21. The molecular weight excluding hydrogens is 326 g/mol. The Balaban J connectivity index is 1.42. The quantitative estimate of drug-likeness (QED) is 0.676. The van der Waals surface area contributed by atoms with Crippen molar-refractivity contribution in [2.75, 3.05) is 13.1 Å². The van der Waals surface area contributed by atoms with E-state index in [-0.39, 0.29) is 0 Å². The average Bonchev–Trinajstić information content (AvgIpc) is 3.29. The number of likely N-dealkylation sites (tertiary alicyclic amines) is 1. The van der Waals surface area contributed by atoms with Gasteiger partial charge in [0.05, 0.1) is 0 Å². The maximum Gasteiger partial charge on any atom is 0.519 e. The van der Waals surface area contributed by atoms with Crippen molar-refractivity contribution in [2.24, 2.45) is 0 Å². The van der Waals surface area contributed by atoms with Gasteiger partial charge in [0.25, 0.3) is 0 Å². The van der Waals surface area contributed by atoms with Crippen molar-refractivity contribution in [3.8, 4) is 22.5 Å². The van der Waals surface area contributed by atoms with Crippen molar-refractivity contribution in [3.05, 3.63) is 71.0 Å². The second kappa shape index (κ2) is 7.34. The van der Waals surface area contributed by atoms with Crippen molar-refractivity contribution in [2.45, 2.75) is 32.2 Å². The van der Waals surface area contributed by atoms with Crippen LogP contribution in [0.15, 0.2) is 68.4 Å². The van der Waals surface area contributed by atoms with Crippen LogP contribution in [0.1, 0.15) is 25.3 Å². The highest BCUT2D eigenvalue weighted by molar-refractivity contribution is 5.68. The zero-order chi connectivity index (χ0) is 17.9. The van der Waals surface area contributed by atoms with E-state index in [9.17, 15) is 4.79 Å². The molecule has 1 aromatic heterocycles. The first-order chi connectivity index (χ1) is 12.7. The molecule has 0 N–H and O–H groups in total. The highest BCUT2D eigenvalue weighted by Crippen LogP contribution is 2.25. The minimum atomic E-state index is -0.678. The molecule has 1 fully saturated rings.